The van der Waals surface area contributed by atoms with Crippen molar-refractivity contribution in [3.8, 4) is 0 Å². The number of aryl methyl sites for hydroxylation is 1. The van der Waals surface area contributed by atoms with Crippen molar-refractivity contribution in [3.63, 3.8) is 0 Å². The van der Waals surface area contributed by atoms with E-state index in [1.165, 1.54) is 12.1 Å². The number of non-ortho nitro benzene ring substituents is 1. The molecule has 5 heteroatoms. The maximum Gasteiger partial charge on any atom is 0.270 e. The van der Waals surface area contributed by atoms with E-state index in [4.69, 9.17) is 11.5 Å². The van der Waals surface area contributed by atoms with Crippen molar-refractivity contribution < 1.29 is 4.92 Å². The molecule has 0 amide bonds. The van der Waals surface area contributed by atoms with Crippen LogP contribution in [0.25, 0.3) is 6.08 Å². The van der Waals surface area contributed by atoms with Crippen LogP contribution in [-0.4, -0.2) is 11.5 Å². The summed E-state index contributed by atoms with van der Waals surface area (Å²) in [5.41, 5.74) is 13.2. The molecule has 0 radical (unpaired) electrons. The van der Waals surface area contributed by atoms with Gasteiger partial charge in [0.05, 0.1) is 4.92 Å². The summed E-state index contributed by atoms with van der Waals surface area (Å²) in [6.07, 6.45) is 4.35. The van der Waals surface area contributed by atoms with Crippen LogP contribution in [-0.2, 0) is 0 Å². The third kappa shape index (κ3) is 2.80. The average molecular weight is 221 g/mol. The SMILES string of the molecule is Cc1cc([N+](=O)[O-])cc(C=CCCN)c1N. The summed E-state index contributed by atoms with van der Waals surface area (Å²) in [7, 11) is 0. The number of nitrogen functional groups attached to an aromatic ring is 1. The number of anilines is 1. The first-order valence-corrected chi connectivity index (χ1v) is 4.97. The molecule has 0 aliphatic rings. The first-order chi connectivity index (χ1) is 7.56. The molecule has 4 N–H and O–H groups in total. The Morgan fingerprint density at radius 1 is 1.50 bits per heavy atom. The predicted octanol–water partition coefficient (Wildman–Crippen LogP) is 1.85. The fourth-order valence-corrected chi connectivity index (χ4v) is 1.36. The first-order valence-electron chi connectivity index (χ1n) is 4.97. The van der Waals surface area contributed by atoms with E-state index in [-0.39, 0.29) is 5.69 Å². The second-order valence-electron chi connectivity index (χ2n) is 3.50. The molecule has 5 nitrogen and oxygen atoms in total. The van der Waals surface area contributed by atoms with Gasteiger partial charge in [-0.05, 0) is 25.5 Å². The van der Waals surface area contributed by atoms with Gasteiger partial charge in [-0.25, -0.2) is 0 Å². The van der Waals surface area contributed by atoms with Crippen molar-refractivity contribution >= 4 is 17.5 Å². The highest BCUT2D eigenvalue weighted by Crippen LogP contribution is 2.25. The summed E-state index contributed by atoms with van der Waals surface area (Å²) in [6, 6.07) is 2.94. The van der Waals surface area contributed by atoms with Crippen LogP contribution in [0.2, 0.25) is 0 Å². The predicted molar refractivity (Wildman–Crippen MR) is 65.0 cm³/mol. The molecular weight excluding hydrogens is 206 g/mol. The molecule has 0 spiro atoms. The van der Waals surface area contributed by atoms with Gasteiger partial charge in [0.15, 0.2) is 0 Å². The molecule has 16 heavy (non-hydrogen) atoms. The van der Waals surface area contributed by atoms with Crippen molar-refractivity contribution in [1.82, 2.24) is 0 Å². The molecule has 0 aliphatic heterocycles. The lowest BCUT2D eigenvalue weighted by molar-refractivity contribution is -0.384. The summed E-state index contributed by atoms with van der Waals surface area (Å²) in [6.45, 7) is 2.30. The van der Waals surface area contributed by atoms with Gasteiger partial charge in [0, 0.05) is 23.4 Å². The van der Waals surface area contributed by atoms with Crippen LogP contribution in [0.3, 0.4) is 0 Å². The second kappa shape index (κ2) is 5.27. The van der Waals surface area contributed by atoms with Crippen molar-refractivity contribution in [2.45, 2.75) is 13.3 Å². The molecule has 1 aromatic rings. The minimum atomic E-state index is -0.424. The van der Waals surface area contributed by atoms with Gasteiger partial charge in [-0.3, -0.25) is 10.1 Å². The second-order valence-corrected chi connectivity index (χ2v) is 3.50. The number of nitro groups is 1. The Balaban J connectivity index is 3.11. The van der Waals surface area contributed by atoms with Crippen LogP contribution in [0.5, 0.6) is 0 Å². The molecular formula is C11H15N3O2. The van der Waals surface area contributed by atoms with E-state index in [2.05, 4.69) is 0 Å². The number of rotatable bonds is 4. The monoisotopic (exact) mass is 221 g/mol. The average Bonchev–Trinajstić information content (AvgIpc) is 2.24. The molecule has 0 bridgehead atoms. The van der Waals surface area contributed by atoms with Crippen molar-refractivity contribution in [3.05, 3.63) is 39.4 Å². The Labute approximate surface area is 93.9 Å². The fraction of sp³-hybridized carbons (Fsp3) is 0.273. The van der Waals surface area contributed by atoms with Gasteiger partial charge in [-0.1, -0.05) is 12.2 Å². The summed E-state index contributed by atoms with van der Waals surface area (Å²) < 4.78 is 0. The van der Waals surface area contributed by atoms with Crippen molar-refractivity contribution in [2.24, 2.45) is 5.73 Å². The number of nitrogens with two attached hydrogens (primary N) is 2. The molecule has 0 saturated carbocycles. The topological polar surface area (TPSA) is 95.2 Å². The van der Waals surface area contributed by atoms with Crippen molar-refractivity contribution in [2.75, 3.05) is 12.3 Å². The molecule has 0 unspecified atom stereocenters. The molecule has 0 aliphatic carbocycles. The third-order valence-corrected chi connectivity index (χ3v) is 2.25. The molecule has 0 heterocycles. The number of hydrogen-bond donors (Lipinski definition) is 2. The maximum atomic E-state index is 10.7. The van der Waals surface area contributed by atoms with E-state index in [0.717, 1.165) is 6.42 Å². The first kappa shape index (κ1) is 12.2. The van der Waals surface area contributed by atoms with Crippen LogP contribution < -0.4 is 11.5 Å². The number of benzene rings is 1. The smallest absolute Gasteiger partial charge is 0.270 e. The lowest BCUT2D eigenvalue weighted by atomic mass is 10.1. The number of hydrogen-bond acceptors (Lipinski definition) is 4. The summed E-state index contributed by atoms with van der Waals surface area (Å²) >= 11 is 0. The maximum absolute atomic E-state index is 10.7. The number of nitrogens with zero attached hydrogens (tertiary/aromatic N) is 1. The van der Waals surface area contributed by atoms with Gasteiger partial charge in [-0.15, -0.1) is 0 Å². The van der Waals surface area contributed by atoms with Gasteiger partial charge >= 0.3 is 0 Å². The summed E-state index contributed by atoms with van der Waals surface area (Å²) in [5, 5.41) is 10.7. The van der Waals surface area contributed by atoms with E-state index < -0.39 is 4.92 Å². The zero-order valence-electron chi connectivity index (χ0n) is 9.14. The van der Waals surface area contributed by atoms with Crippen LogP contribution in [0.1, 0.15) is 17.5 Å². The van der Waals surface area contributed by atoms with E-state index in [9.17, 15) is 10.1 Å². The Bertz CT molecular complexity index is 427. The van der Waals surface area contributed by atoms with Crippen LogP contribution in [0, 0.1) is 17.0 Å². The van der Waals surface area contributed by atoms with Crippen LogP contribution >= 0.6 is 0 Å². The van der Waals surface area contributed by atoms with E-state index >= 15 is 0 Å². The standard InChI is InChI=1S/C11H15N3O2/c1-8-6-10(14(15)16)7-9(11(8)13)4-2-3-5-12/h2,4,6-7H,3,5,12-13H2,1H3. The quantitative estimate of drug-likeness (QED) is 0.460. The molecule has 1 rings (SSSR count). The lowest BCUT2D eigenvalue weighted by Crippen LogP contribution is -1.98. The molecule has 0 aromatic heterocycles. The van der Waals surface area contributed by atoms with Crippen molar-refractivity contribution in [1.29, 1.82) is 0 Å². The molecule has 1 aromatic carbocycles. The summed E-state index contributed by atoms with van der Waals surface area (Å²) in [5.74, 6) is 0. The third-order valence-electron chi connectivity index (χ3n) is 2.25. The molecule has 0 saturated heterocycles. The molecule has 0 fully saturated rings. The van der Waals surface area contributed by atoms with Gasteiger partial charge in [-0.2, -0.15) is 0 Å². The number of nitro benzene ring substituents is 1. The van der Waals surface area contributed by atoms with Gasteiger partial charge in [0.25, 0.3) is 5.69 Å². The lowest BCUT2D eigenvalue weighted by Gasteiger charge is -2.04. The fourth-order valence-electron chi connectivity index (χ4n) is 1.36. The molecule has 86 valence electrons. The summed E-state index contributed by atoms with van der Waals surface area (Å²) in [4.78, 5) is 10.2. The minimum Gasteiger partial charge on any atom is -0.398 e. The zero-order chi connectivity index (χ0) is 12.1. The Hall–Kier alpha value is -1.88. The van der Waals surface area contributed by atoms with Crippen LogP contribution in [0.15, 0.2) is 18.2 Å². The van der Waals surface area contributed by atoms with E-state index in [1.807, 2.05) is 6.08 Å². The Morgan fingerprint density at radius 2 is 2.19 bits per heavy atom. The highest BCUT2D eigenvalue weighted by Gasteiger charge is 2.10. The largest absolute Gasteiger partial charge is 0.398 e. The van der Waals surface area contributed by atoms with Gasteiger partial charge in [0.1, 0.15) is 0 Å². The minimum absolute atomic E-state index is 0.0547. The van der Waals surface area contributed by atoms with Crippen LogP contribution in [0.4, 0.5) is 11.4 Å². The zero-order valence-corrected chi connectivity index (χ0v) is 9.14. The normalized spacial score (nSPS) is 10.9. The van der Waals surface area contributed by atoms with Gasteiger partial charge < -0.3 is 11.5 Å². The van der Waals surface area contributed by atoms with Gasteiger partial charge in [0.2, 0.25) is 0 Å². The Kier molecular flexibility index (Phi) is 4.02. The Morgan fingerprint density at radius 3 is 2.75 bits per heavy atom. The molecule has 0 atom stereocenters. The van der Waals surface area contributed by atoms with E-state index in [0.29, 0.717) is 23.4 Å². The van der Waals surface area contributed by atoms with E-state index in [1.54, 1.807) is 13.0 Å². The highest BCUT2D eigenvalue weighted by atomic mass is 16.6. The highest BCUT2D eigenvalue weighted by molar-refractivity contribution is 5.70.